The Morgan fingerprint density at radius 2 is 1.84 bits per heavy atom. The molecule has 2 amide bonds. The molecule has 1 N–H and O–H groups in total. The number of likely N-dealkylation sites (N-methyl/N-ethyl adjacent to an activating group) is 1. The molecule has 1 atom stereocenters. The summed E-state index contributed by atoms with van der Waals surface area (Å²) in [7, 11) is 1.52. The first-order valence-electron chi connectivity index (χ1n) is 7.90. The molecular weight excluding hydrogens is 343 g/mol. The molecule has 0 saturated heterocycles. The number of halogens is 2. The molecule has 0 saturated carbocycles. The van der Waals surface area contributed by atoms with Crippen LogP contribution in [0.5, 0.6) is 0 Å². The van der Waals surface area contributed by atoms with Gasteiger partial charge in [0.15, 0.2) is 0 Å². The molecule has 4 nitrogen and oxygen atoms in total. The van der Waals surface area contributed by atoms with E-state index in [4.69, 9.17) is 11.6 Å². The topological polar surface area (TPSA) is 49.4 Å². The lowest BCUT2D eigenvalue weighted by Crippen LogP contribution is -2.47. The van der Waals surface area contributed by atoms with Crippen molar-refractivity contribution in [1.82, 2.24) is 10.2 Å². The highest BCUT2D eigenvalue weighted by Gasteiger charge is 2.25. The van der Waals surface area contributed by atoms with Crippen LogP contribution in [0.15, 0.2) is 48.5 Å². The van der Waals surface area contributed by atoms with Gasteiger partial charge in [0.2, 0.25) is 11.8 Å². The van der Waals surface area contributed by atoms with Crippen molar-refractivity contribution in [3.05, 3.63) is 70.5 Å². The largest absolute Gasteiger partial charge is 0.357 e. The number of nitrogens with zero attached hydrogens (tertiary/aromatic N) is 1. The van der Waals surface area contributed by atoms with Crippen LogP contribution in [0.2, 0.25) is 5.02 Å². The van der Waals surface area contributed by atoms with Gasteiger partial charge in [-0.05, 0) is 42.3 Å². The Bertz CT molecular complexity index is 749. The molecule has 0 unspecified atom stereocenters. The van der Waals surface area contributed by atoms with Gasteiger partial charge >= 0.3 is 0 Å². The number of carbonyl (C=O) groups is 2. The zero-order chi connectivity index (χ0) is 18.4. The van der Waals surface area contributed by atoms with Crippen LogP contribution < -0.4 is 5.32 Å². The van der Waals surface area contributed by atoms with Crippen molar-refractivity contribution in [3.63, 3.8) is 0 Å². The van der Waals surface area contributed by atoms with Crippen LogP contribution in [0.25, 0.3) is 0 Å². The zero-order valence-electron chi connectivity index (χ0n) is 14.1. The van der Waals surface area contributed by atoms with E-state index in [2.05, 4.69) is 5.32 Å². The predicted octanol–water partition coefficient (Wildman–Crippen LogP) is 3.18. The number of benzene rings is 2. The van der Waals surface area contributed by atoms with Crippen LogP contribution in [0, 0.1) is 5.82 Å². The van der Waals surface area contributed by atoms with Crippen molar-refractivity contribution in [1.29, 1.82) is 0 Å². The maximum absolute atomic E-state index is 13.1. The Morgan fingerprint density at radius 3 is 2.44 bits per heavy atom. The van der Waals surface area contributed by atoms with E-state index in [-0.39, 0.29) is 30.6 Å². The van der Waals surface area contributed by atoms with E-state index in [1.165, 1.54) is 24.1 Å². The Hall–Kier alpha value is -2.40. The standard InChI is InChI=1S/C19H20ClFN2O2/c1-13(19(25)22-2)23(12-14-6-8-17(21)9-7-14)18(24)11-15-4-3-5-16(20)10-15/h3-10,13H,11-12H2,1-2H3,(H,22,25)/t13-/m1/s1. The Kier molecular flexibility index (Phi) is 6.53. The third kappa shape index (κ3) is 5.29. The van der Waals surface area contributed by atoms with Crippen molar-refractivity contribution in [3.8, 4) is 0 Å². The van der Waals surface area contributed by atoms with Gasteiger partial charge in [0.25, 0.3) is 0 Å². The van der Waals surface area contributed by atoms with Gasteiger partial charge in [-0.2, -0.15) is 0 Å². The molecule has 0 heterocycles. The fraction of sp³-hybridized carbons (Fsp3) is 0.263. The van der Waals surface area contributed by atoms with Gasteiger partial charge in [-0.1, -0.05) is 35.9 Å². The second kappa shape index (κ2) is 8.62. The van der Waals surface area contributed by atoms with Gasteiger partial charge < -0.3 is 10.2 Å². The lowest BCUT2D eigenvalue weighted by Gasteiger charge is -2.28. The van der Waals surface area contributed by atoms with Crippen LogP contribution in [0.1, 0.15) is 18.1 Å². The summed E-state index contributed by atoms with van der Waals surface area (Å²) in [6.45, 7) is 1.88. The average Bonchev–Trinajstić information content (AvgIpc) is 2.59. The van der Waals surface area contributed by atoms with Crippen molar-refractivity contribution < 1.29 is 14.0 Å². The van der Waals surface area contributed by atoms with E-state index in [1.54, 1.807) is 37.3 Å². The summed E-state index contributed by atoms with van der Waals surface area (Å²) in [4.78, 5) is 26.3. The molecule has 2 aromatic carbocycles. The zero-order valence-corrected chi connectivity index (χ0v) is 14.9. The number of rotatable bonds is 6. The highest BCUT2D eigenvalue weighted by atomic mass is 35.5. The molecule has 0 aliphatic carbocycles. The van der Waals surface area contributed by atoms with Gasteiger partial charge in [0.1, 0.15) is 11.9 Å². The minimum atomic E-state index is -0.651. The third-order valence-electron chi connectivity index (χ3n) is 3.92. The van der Waals surface area contributed by atoms with Gasteiger partial charge in [0, 0.05) is 18.6 Å². The Labute approximate surface area is 151 Å². The Morgan fingerprint density at radius 1 is 1.16 bits per heavy atom. The molecule has 2 aromatic rings. The second-order valence-electron chi connectivity index (χ2n) is 5.75. The quantitative estimate of drug-likeness (QED) is 0.858. The van der Waals surface area contributed by atoms with E-state index < -0.39 is 6.04 Å². The first-order chi connectivity index (χ1) is 11.9. The third-order valence-corrected chi connectivity index (χ3v) is 4.16. The molecule has 0 radical (unpaired) electrons. The first kappa shape index (κ1) is 18.9. The van der Waals surface area contributed by atoms with Gasteiger partial charge in [-0.3, -0.25) is 9.59 Å². The predicted molar refractivity (Wildman–Crippen MR) is 95.6 cm³/mol. The summed E-state index contributed by atoms with van der Waals surface area (Å²) in [5.74, 6) is -0.816. The molecule has 0 fully saturated rings. The molecule has 0 aliphatic heterocycles. The van der Waals surface area contributed by atoms with Crippen molar-refractivity contribution in [2.24, 2.45) is 0 Å². The van der Waals surface area contributed by atoms with E-state index in [1.807, 2.05) is 6.07 Å². The van der Waals surface area contributed by atoms with E-state index in [0.29, 0.717) is 5.02 Å². The van der Waals surface area contributed by atoms with Crippen LogP contribution in [-0.4, -0.2) is 29.8 Å². The van der Waals surface area contributed by atoms with Crippen molar-refractivity contribution in [2.75, 3.05) is 7.05 Å². The summed E-state index contributed by atoms with van der Waals surface area (Å²) in [5.41, 5.74) is 1.52. The second-order valence-corrected chi connectivity index (χ2v) is 6.18. The van der Waals surface area contributed by atoms with Crippen molar-refractivity contribution in [2.45, 2.75) is 25.9 Å². The number of nitrogens with one attached hydrogen (secondary N) is 1. The average molecular weight is 363 g/mol. The number of carbonyl (C=O) groups excluding carboxylic acids is 2. The number of amides is 2. The molecule has 0 aromatic heterocycles. The molecule has 0 aliphatic rings. The fourth-order valence-corrected chi connectivity index (χ4v) is 2.71. The smallest absolute Gasteiger partial charge is 0.242 e. The normalized spacial score (nSPS) is 11.7. The first-order valence-corrected chi connectivity index (χ1v) is 8.28. The molecular formula is C19H20ClFN2O2. The van der Waals surface area contributed by atoms with Gasteiger partial charge in [-0.15, -0.1) is 0 Å². The van der Waals surface area contributed by atoms with Crippen LogP contribution in [-0.2, 0) is 22.6 Å². The minimum Gasteiger partial charge on any atom is -0.357 e. The van der Waals surface area contributed by atoms with Crippen molar-refractivity contribution >= 4 is 23.4 Å². The SMILES string of the molecule is CNC(=O)[C@@H](C)N(Cc1ccc(F)cc1)C(=O)Cc1cccc(Cl)c1. The molecule has 0 spiro atoms. The maximum Gasteiger partial charge on any atom is 0.242 e. The van der Waals surface area contributed by atoms with Crippen LogP contribution >= 0.6 is 11.6 Å². The van der Waals surface area contributed by atoms with E-state index in [0.717, 1.165) is 11.1 Å². The lowest BCUT2D eigenvalue weighted by atomic mass is 10.1. The summed E-state index contributed by atoms with van der Waals surface area (Å²) in [5, 5.41) is 3.10. The number of hydrogen-bond donors (Lipinski definition) is 1. The Balaban J connectivity index is 2.21. The van der Waals surface area contributed by atoms with Crippen LogP contribution in [0.3, 0.4) is 0 Å². The molecule has 0 bridgehead atoms. The van der Waals surface area contributed by atoms with E-state index in [9.17, 15) is 14.0 Å². The highest BCUT2D eigenvalue weighted by molar-refractivity contribution is 6.30. The van der Waals surface area contributed by atoms with Crippen LogP contribution in [0.4, 0.5) is 4.39 Å². The highest BCUT2D eigenvalue weighted by Crippen LogP contribution is 2.15. The molecule has 25 heavy (non-hydrogen) atoms. The summed E-state index contributed by atoms with van der Waals surface area (Å²) in [6, 6.07) is 12.3. The number of hydrogen-bond acceptors (Lipinski definition) is 2. The summed E-state index contributed by atoms with van der Waals surface area (Å²) >= 11 is 5.96. The lowest BCUT2D eigenvalue weighted by molar-refractivity contribution is -0.139. The fourth-order valence-electron chi connectivity index (χ4n) is 2.50. The maximum atomic E-state index is 13.1. The summed E-state index contributed by atoms with van der Waals surface area (Å²) < 4.78 is 13.1. The van der Waals surface area contributed by atoms with Gasteiger partial charge in [-0.25, -0.2) is 4.39 Å². The summed E-state index contributed by atoms with van der Waals surface area (Å²) in [6.07, 6.45) is 0.128. The molecule has 132 valence electrons. The van der Waals surface area contributed by atoms with Gasteiger partial charge in [0.05, 0.1) is 6.42 Å². The minimum absolute atomic E-state index is 0.128. The monoisotopic (exact) mass is 362 g/mol. The molecule has 6 heteroatoms. The molecule has 2 rings (SSSR count). The van der Waals surface area contributed by atoms with E-state index >= 15 is 0 Å².